The highest BCUT2D eigenvalue weighted by Gasteiger charge is 2.51. The number of para-hydroxylation sites is 1. The van der Waals surface area contributed by atoms with Crippen molar-refractivity contribution in [3.8, 4) is 0 Å². The maximum Gasteiger partial charge on any atom is 0.494 e. The van der Waals surface area contributed by atoms with Crippen molar-refractivity contribution < 1.29 is 13.7 Å². The van der Waals surface area contributed by atoms with Crippen molar-refractivity contribution in [1.82, 2.24) is 4.40 Å². The summed E-state index contributed by atoms with van der Waals surface area (Å²) in [6.07, 6.45) is 0. The zero-order valence-electron chi connectivity index (χ0n) is 20.2. The molecule has 1 aliphatic heterocycles. The molecule has 170 valence electrons. The van der Waals surface area contributed by atoms with Crippen LogP contribution in [0.15, 0.2) is 77.2 Å². The topological polar surface area (TPSA) is 36.0 Å². The van der Waals surface area contributed by atoms with E-state index in [2.05, 4.69) is 105 Å². The van der Waals surface area contributed by atoms with Gasteiger partial charge in [-0.2, -0.15) is 0 Å². The van der Waals surface area contributed by atoms with Crippen LogP contribution in [0, 0.1) is 0 Å². The van der Waals surface area contributed by atoms with E-state index in [1.54, 1.807) is 0 Å². The van der Waals surface area contributed by atoms with E-state index in [4.69, 9.17) is 13.7 Å². The van der Waals surface area contributed by atoms with E-state index < -0.39 is 7.12 Å². The number of hydrogen-bond acceptors (Lipinski definition) is 3. The van der Waals surface area contributed by atoms with E-state index in [1.807, 2.05) is 0 Å². The number of hydrogen-bond donors (Lipinski definition) is 0. The van der Waals surface area contributed by atoms with Crippen molar-refractivity contribution in [3.63, 3.8) is 0 Å². The third-order valence-electron chi connectivity index (χ3n) is 8.35. The number of benzene rings is 4. The van der Waals surface area contributed by atoms with Gasteiger partial charge in [0.1, 0.15) is 5.58 Å². The van der Waals surface area contributed by atoms with E-state index in [0.717, 1.165) is 27.5 Å². The molecule has 0 spiro atoms. The first-order valence-electron chi connectivity index (χ1n) is 12.2. The second-order valence-electron chi connectivity index (χ2n) is 10.8. The lowest BCUT2D eigenvalue weighted by atomic mass is 9.79. The Morgan fingerprint density at radius 2 is 1.40 bits per heavy atom. The molecule has 4 aromatic carbocycles. The smallest absolute Gasteiger partial charge is 0.439 e. The second kappa shape index (κ2) is 6.17. The zero-order chi connectivity index (χ0) is 23.7. The van der Waals surface area contributed by atoms with Gasteiger partial charge in [0.25, 0.3) is 0 Å². The lowest BCUT2D eigenvalue weighted by Crippen LogP contribution is -2.41. The standard InChI is InChI=1S/C30H24BNO3/c1-29(2)30(3,4)35-31(34-29)18-13-14-21-24(16-18)33-28-26(21)22-15-17-9-5-6-10-19(17)25-20-11-7-8-12-23(20)32(28)27(22)25/h5-16H,1-4H3. The lowest BCUT2D eigenvalue weighted by molar-refractivity contribution is 0.00578. The Kier molecular flexibility index (Phi) is 3.48. The highest BCUT2D eigenvalue weighted by molar-refractivity contribution is 6.62. The molecular weight excluding hydrogens is 433 g/mol. The van der Waals surface area contributed by atoms with E-state index in [9.17, 15) is 0 Å². The van der Waals surface area contributed by atoms with Crippen LogP contribution in [0.25, 0.3) is 60.0 Å². The summed E-state index contributed by atoms with van der Waals surface area (Å²) in [5, 5.41) is 8.58. The minimum atomic E-state index is -0.417. The number of rotatable bonds is 1. The molecule has 0 unspecified atom stereocenters. The van der Waals surface area contributed by atoms with Crippen LogP contribution in [-0.4, -0.2) is 22.7 Å². The van der Waals surface area contributed by atoms with Gasteiger partial charge in [0.05, 0.1) is 27.6 Å². The number of furan rings is 1. The number of aromatic nitrogens is 1. The number of nitrogens with zero attached hydrogens (tertiary/aromatic N) is 1. The van der Waals surface area contributed by atoms with Gasteiger partial charge in [-0.05, 0) is 62.1 Å². The van der Waals surface area contributed by atoms with Crippen LogP contribution in [0.5, 0.6) is 0 Å². The van der Waals surface area contributed by atoms with Crippen LogP contribution in [0.3, 0.4) is 0 Å². The summed E-state index contributed by atoms with van der Waals surface area (Å²) >= 11 is 0. The van der Waals surface area contributed by atoms with E-state index in [-0.39, 0.29) is 11.2 Å². The van der Waals surface area contributed by atoms with Crippen molar-refractivity contribution in [3.05, 3.63) is 72.8 Å². The first-order valence-corrected chi connectivity index (χ1v) is 12.2. The molecule has 7 aromatic rings. The largest absolute Gasteiger partial charge is 0.494 e. The Labute approximate surface area is 202 Å². The summed E-state index contributed by atoms with van der Waals surface area (Å²) in [5.41, 5.74) is 4.36. The fourth-order valence-electron chi connectivity index (χ4n) is 5.89. The highest BCUT2D eigenvalue weighted by Crippen LogP contribution is 2.46. The quantitative estimate of drug-likeness (QED) is 0.248. The summed E-state index contributed by atoms with van der Waals surface area (Å²) in [5.74, 6) is 0. The zero-order valence-corrected chi connectivity index (χ0v) is 20.2. The molecule has 0 bridgehead atoms. The fourth-order valence-corrected chi connectivity index (χ4v) is 5.89. The SMILES string of the molecule is CC1(C)OB(c2ccc3c(c2)oc2c3c3cc4ccccc4c4c5ccccc5n2c34)OC1(C)C. The van der Waals surface area contributed by atoms with E-state index in [1.165, 1.54) is 38.0 Å². The predicted molar refractivity (Wildman–Crippen MR) is 144 cm³/mol. The van der Waals surface area contributed by atoms with Gasteiger partial charge < -0.3 is 13.7 Å². The molecule has 5 heteroatoms. The summed E-state index contributed by atoms with van der Waals surface area (Å²) in [7, 11) is -0.417. The normalized spacial score (nSPS) is 17.9. The van der Waals surface area contributed by atoms with Gasteiger partial charge in [-0.3, -0.25) is 4.40 Å². The molecule has 1 saturated heterocycles. The average molecular weight is 457 g/mol. The molecule has 0 atom stereocenters. The van der Waals surface area contributed by atoms with Crippen molar-refractivity contribution in [2.75, 3.05) is 0 Å². The first kappa shape index (κ1) is 19.7. The van der Waals surface area contributed by atoms with E-state index >= 15 is 0 Å². The Hall–Kier alpha value is -3.54. The minimum absolute atomic E-state index is 0.382. The van der Waals surface area contributed by atoms with Gasteiger partial charge in [-0.25, -0.2) is 0 Å². The molecular formula is C30H24BNO3. The van der Waals surface area contributed by atoms with Crippen LogP contribution < -0.4 is 5.46 Å². The molecule has 0 radical (unpaired) electrons. The van der Waals surface area contributed by atoms with Gasteiger partial charge in [-0.1, -0.05) is 54.6 Å². The molecule has 1 aliphatic rings. The molecule has 35 heavy (non-hydrogen) atoms. The molecule has 1 fully saturated rings. The van der Waals surface area contributed by atoms with Gasteiger partial charge >= 0.3 is 7.12 Å². The van der Waals surface area contributed by atoms with Gasteiger partial charge in [0, 0.05) is 21.5 Å². The highest BCUT2D eigenvalue weighted by atomic mass is 16.7. The average Bonchev–Trinajstić information content (AvgIpc) is 3.52. The Morgan fingerprint density at radius 3 is 2.20 bits per heavy atom. The third kappa shape index (κ3) is 2.35. The van der Waals surface area contributed by atoms with Crippen molar-refractivity contribution >= 4 is 72.6 Å². The lowest BCUT2D eigenvalue weighted by Gasteiger charge is -2.32. The van der Waals surface area contributed by atoms with Gasteiger partial charge in [0.2, 0.25) is 5.71 Å². The van der Waals surface area contributed by atoms with Crippen molar-refractivity contribution in [1.29, 1.82) is 0 Å². The predicted octanol–water partition coefficient (Wildman–Crippen LogP) is 7.04. The summed E-state index contributed by atoms with van der Waals surface area (Å²) in [4.78, 5) is 0. The molecule has 3 aromatic heterocycles. The first-order chi connectivity index (χ1) is 16.8. The molecule has 0 amide bonds. The van der Waals surface area contributed by atoms with Crippen molar-refractivity contribution in [2.24, 2.45) is 0 Å². The molecule has 4 heterocycles. The molecule has 0 aliphatic carbocycles. The second-order valence-corrected chi connectivity index (χ2v) is 10.8. The third-order valence-corrected chi connectivity index (χ3v) is 8.35. The summed E-state index contributed by atoms with van der Waals surface area (Å²) < 4.78 is 21.5. The Morgan fingerprint density at radius 1 is 0.686 bits per heavy atom. The van der Waals surface area contributed by atoms with Crippen LogP contribution >= 0.6 is 0 Å². The summed E-state index contributed by atoms with van der Waals surface area (Å²) in [6.45, 7) is 8.32. The van der Waals surface area contributed by atoms with Crippen LogP contribution in [0.1, 0.15) is 27.7 Å². The molecule has 4 nitrogen and oxygen atoms in total. The Balaban J connectivity index is 1.46. The number of fused-ring (bicyclic) bond motifs is 10. The monoisotopic (exact) mass is 457 g/mol. The van der Waals surface area contributed by atoms with Crippen LogP contribution in [0.2, 0.25) is 0 Å². The van der Waals surface area contributed by atoms with Crippen LogP contribution in [0.4, 0.5) is 0 Å². The maximum atomic E-state index is 6.63. The molecule has 0 saturated carbocycles. The Bertz CT molecular complexity index is 1960. The maximum absolute atomic E-state index is 6.63. The minimum Gasteiger partial charge on any atom is -0.439 e. The van der Waals surface area contributed by atoms with Crippen LogP contribution in [-0.2, 0) is 9.31 Å². The van der Waals surface area contributed by atoms with Crippen molar-refractivity contribution in [2.45, 2.75) is 38.9 Å². The van der Waals surface area contributed by atoms with E-state index in [0.29, 0.717) is 0 Å². The summed E-state index contributed by atoms with van der Waals surface area (Å²) in [6, 6.07) is 26.0. The molecule has 8 rings (SSSR count). The van der Waals surface area contributed by atoms with Gasteiger partial charge in [-0.15, -0.1) is 0 Å². The molecule has 0 N–H and O–H groups in total. The van der Waals surface area contributed by atoms with Gasteiger partial charge in [0.15, 0.2) is 0 Å². The fraction of sp³-hybridized carbons (Fsp3) is 0.200.